The van der Waals surface area contributed by atoms with Gasteiger partial charge in [0, 0.05) is 21.7 Å². The number of halogens is 2. The lowest BCUT2D eigenvalue weighted by Crippen LogP contribution is -2.02. The van der Waals surface area contributed by atoms with Crippen molar-refractivity contribution in [3.63, 3.8) is 0 Å². The summed E-state index contributed by atoms with van der Waals surface area (Å²) in [5.41, 5.74) is 4.17. The van der Waals surface area contributed by atoms with Crippen LogP contribution < -0.4 is 5.43 Å². The zero-order valence-electron chi connectivity index (χ0n) is 11.0. The molecule has 0 bridgehead atoms. The SMILES string of the molecule is C/C(=N/Nc1ccccc1[N+](=O)[O-])c1cc(Cl)ccc1Cl. The van der Waals surface area contributed by atoms with Gasteiger partial charge in [0.1, 0.15) is 5.69 Å². The summed E-state index contributed by atoms with van der Waals surface area (Å²) in [7, 11) is 0. The molecule has 5 nitrogen and oxygen atoms in total. The van der Waals surface area contributed by atoms with Crippen LogP contribution in [-0.4, -0.2) is 10.6 Å². The van der Waals surface area contributed by atoms with Crippen molar-refractivity contribution in [1.29, 1.82) is 0 Å². The number of anilines is 1. The van der Waals surface area contributed by atoms with Crippen molar-refractivity contribution in [2.75, 3.05) is 5.43 Å². The molecule has 0 unspecified atom stereocenters. The number of nitro groups is 1. The number of hydrazone groups is 1. The predicted molar refractivity (Wildman–Crippen MR) is 85.4 cm³/mol. The summed E-state index contributed by atoms with van der Waals surface area (Å²) in [6.07, 6.45) is 0. The number of para-hydroxylation sites is 2. The fraction of sp³-hybridized carbons (Fsp3) is 0.0714. The van der Waals surface area contributed by atoms with Crippen LogP contribution in [0.25, 0.3) is 0 Å². The minimum atomic E-state index is -0.473. The van der Waals surface area contributed by atoms with Gasteiger partial charge in [0.25, 0.3) is 5.69 Å². The molecule has 7 heteroatoms. The Morgan fingerprint density at radius 2 is 1.95 bits per heavy atom. The molecule has 0 aliphatic heterocycles. The number of hydrogen-bond donors (Lipinski definition) is 1. The molecule has 0 saturated carbocycles. The van der Waals surface area contributed by atoms with Crippen molar-refractivity contribution >= 4 is 40.3 Å². The van der Waals surface area contributed by atoms with Crippen LogP contribution in [0.2, 0.25) is 10.0 Å². The van der Waals surface area contributed by atoms with E-state index in [0.717, 1.165) is 0 Å². The first-order valence-electron chi connectivity index (χ1n) is 5.98. The number of nitrogens with zero attached hydrogens (tertiary/aromatic N) is 2. The molecule has 0 aliphatic carbocycles. The molecule has 0 radical (unpaired) electrons. The Balaban J connectivity index is 2.29. The van der Waals surface area contributed by atoms with E-state index in [-0.39, 0.29) is 5.69 Å². The second-order valence-corrected chi connectivity index (χ2v) is 5.05. The standard InChI is InChI=1S/C14H11Cl2N3O2/c1-9(11-8-10(15)6-7-12(11)16)17-18-13-4-2-3-5-14(13)19(20)21/h2-8,18H,1H3/b17-9-. The molecule has 0 saturated heterocycles. The topological polar surface area (TPSA) is 67.5 Å². The molecule has 0 aliphatic rings. The van der Waals surface area contributed by atoms with Crippen LogP contribution in [0, 0.1) is 10.1 Å². The Morgan fingerprint density at radius 1 is 1.24 bits per heavy atom. The van der Waals surface area contributed by atoms with E-state index in [1.165, 1.54) is 6.07 Å². The minimum Gasteiger partial charge on any atom is -0.271 e. The third-order valence-electron chi connectivity index (χ3n) is 2.76. The Morgan fingerprint density at radius 3 is 2.67 bits per heavy atom. The van der Waals surface area contributed by atoms with Gasteiger partial charge in [-0.3, -0.25) is 15.5 Å². The van der Waals surface area contributed by atoms with Gasteiger partial charge in [-0.15, -0.1) is 0 Å². The first kappa shape index (κ1) is 15.3. The molecule has 0 fully saturated rings. The summed E-state index contributed by atoms with van der Waals surface area (Å²) in [4.78, 5) is 10.4. The Kier molecular flexibility index (Phi) is 4.77. The third-order valence-corrected chi connectivity index (χ3v) is 3.33. The van der Waals surface area contributed by atoms with E-state index in [4.69, 9.17) is 23.2 Å². The van der Waals surface area contributed by atoms with Crippen molar-refractivity contribution in [2.45, 2.75) is 6.92 Å². The maximum atomic E-state index is 10.9. The number of nitrogens with one attached hydrogen (secondary N) is 1. The van der Waals surface area contributed by atoms with E-state index >= 15 is 0 Å². The first-order chi connectivity index (χ1) is 9.99. The van der Waals surface area contributed by atoms with Gasteiger partial charge in [-0.05, 0) is 31.2 Å². The minimum absolute atomic E-state index is 0.0498. The van der Waals surface area contributed by atoms with Crippen LogP contribution in [0.15, 0.2) is 47.6 Å². The summed E-state index contributed by atoms with van der Waals surface area (Å²) in [5.74, 6) is 0. The maximum Gasteiger partial charge on any atom is 0.294 e. The lowest BCUT2D eigenvalue weighted by atomic mass is 10.1. The number of hydrogen-bond acceptors (Lipinski definition) is 4. The molecule has 1 N–H and O–H groups in total. The van der Waals surface area contributed by atoms with Crippen molar-refractivity contribution in [3.05, 3.63) is 68.2 Å². The molecule has 0 atom stereocenters. The lowest BCUT2D eigenvalue weighted by molar-refractivity contribution is -0.384. The summed E-state index contributed by atoms with van der Waals surface area (Å²) >= 11 is 12.0. The molecule has 0 spiro atoms. The molecule has 0 amide bonds. The molecule has 0 heterocycles. The highest BCUT2D eigenvalue weighted by Crippen LogP contribution is 2.24. The highest BCUT2D eigenvalue weighted by atomic mass is 35.5. The Bertz CT molecular complexity index is 717. The summed E-state index contributed by atoms with van der Waals surface area (Å²) in [6.45, 7) is 1.74. The summed E-state index contributed by atoms with van der Waals surface area (Å²) in [5, 5.41) is 16.1. The molecule has 108 valence electrons. The van der Waals surface area contributed by atoms with Crippen LogP contribution in [0.4, 0.5) is 11.4 Å². The summed E-state index contributed by atoms with van der Waals surface area (Å²) in [6, 6.07) is 11.3. The van der Waals surface area contributed by atoms with E-state index < -0.39 is 4.92 Å². The highest BCUT2D eigenvalue weighted by molar-refractivity contribution is 6.36. The molecule has 2 aromatic rings. The molecular weight excluding hydrogens is 313 g/mol. The van der Waals surface area contributed by atoms with Crippen molar-refractivity contribution in [2.24, 2.45) is 5.10 Å². The monoisotopic (exact) mass is 323 g/mol. The van der Waals surface area contributed by atoms with Gasteiger partial charge in [-0.2, -0.15) is 5.10 Å². The van der Waals surface area contributed by atoms with Crippen molar-refractivity contribution in [3.8, 4) is 0 Å². The van der Waals surface area contributed by atoms with Crippen LogP contribution in [-0.2, 0) is 0 Å². The largest absolute Gasteiger partial charge is 0.294 e. The number of nitro benzene ring substituents is 1. The number of benzene rings is 2. The van der Waals surface area contributed by atoms with Gasteiger partial charge < -0.3 is 0 Å². The van der Waals surface area contributed by atoms with Gasteiger partial charge in [0.15, 0.2) is 0 Å². The molecule has 2 aromatic carbocycles. The smallest absolute Gasteiger partial charge is 0.271 e. The quantitative estimate of drug-likeness (QED) is 0.502. The average molecular weight is 324 g/mol. The van der Waals surface area contributed by atoms with E-state index in [0.29, 0.717) is 27.0 Å². The van der Waals surface area contributed by atoms with Gasteiger partial charge in [0.2, 0.25) is 0 Å². The molecule has 21 heavy (non-hydrogen) atoms. The molecule has 2 rings (SSSR count). The Labute approximate surface area is 131 Å². The normalized spacial score (nSPS) is 11.3. The van der Waals surface area contributed by atoms with Crippen LogP contribution in [0.3, 0.4) is 0 Å². The highest BCUT2D eigenvalue weighted by Gasteiger charge is 2.12. The number of rotatable bonds is 4. The van der Waals surface area contributed by atoms with Gasteiger partial charge >= 0.3 is 0 Å². The zero-order valence-corrected chi connectivity index (χ0v) is 12.5. The summed E-state index contributed by atoms with van der Waals surface area (Å²) < 4.78 is 0. The maximum absolute atomic E-state index is 10.9. The fourth-order valence-corrected chi connectivity index (χ4v) is 2.13. The first-order valence-corrected chi connectivity index (χ1v) is 6.74. The van der Waals surface area contributed by atoms with Gasteiger partial charge in [-0.1, -0.05) is 35.3 Å². The third kappa shape index (κ3) is 3.71. The van der Waals surface area contributed by atoms with E-state index in [1.54, 1.807) is 43.3 Å². The van der Waals surface area contributed by atoms with E-state index in [9.17, 15) is 10.1 Å². The lowest BCUT2D eigenvalue weighted by Gasteiger charge is -2.06. The molecular formula is C14H11Cl2N3O2. The van der Waals surface area contributed by atoms with Gasteiger partial charge in [0.05, 0.1) is 10.6 Å². The second kappa shape index (κ2) is 6.56. The average Bonchev–Trinajstić information content (AvgIpc) is 2.47. The van der Waals surface area contributed by atoms with Crippen molar-refractivity contribution in [1.82, 2.24) is 0 Å². The van der Waals surface area contributed by atoms with Gasteiger partial charge in [-0.25, -0.2) is 0 Å². The van der Waals surface area contributed by atoms with E-state index in [1.807, 2.05) is 0 Å². The van der Waals surface area contributed by atoms with Crippen LogP contribution in [0.1, 0.15) is 12.5 Å². The van der Waals surface area contributed by atoms with Crippen LogP contribution in [0.5, 0.6) is 0 Å². The van der Waals surface area contributed by atoms with Crippen molar-refractivity contribution < 1.29 is 4.92 Å². The molecule has 0 aromatic heterocycles. The predicted octanol–water partition coefficient (Wildman–Crippen LogP) is 4.74. The Hall–Kier alpha value is -2.11. The second-order valence-electron chi connectivity index (χ2n) is 4.21. The van der Waals surface area contributed by atoms with E-state index in [2.05, 4.69) is 10.5 Å². The zero-order chi connectivity index (χ0) is 15.4. The van der Waals surface area contributed by atoms with Crippen LogP contribution >= 0.6 is 23.2 Å². The fourth-order valence-electron chi connectivity index (χ4n) is 1.71.